The molecule has 0 fully saturated rings. The van der Waals surface area contributed by atoms with Crippen LogP contribution in [0.25, 0.3) is 0 Å². The monoisotopic (exact) mass is 1100 g/mol. The van der Waals surface area contributed by atoms with Gasteiger partial charge in [0.2, 0.25) is 17.7 Å². The largest absolute Gasteiger partial charge is 0.379 e. The van der Waals surface area contributed by atoms with Crippen LogP contribution < -0.4 is 26.6 Å². The first-order valence-corrected chi connectivity index (χ1v) is 30.8. The molecule has 0 aromatic rings. The van der Waals surface area contributed by atoms with Gasteiger partial charge in [0.15, 0.2) is 0 Å². The van der Waals surface area contributed by atoms with Gasteiger partial charge in [-0.3, -0.25) is 14.4 Å². The van der Waals surface area contributed by atoms with E-state index in [1.165, 1.54) is 83.5 Å². The van der Waals surface area contributed by atoms with E-state index >= 15 is 0 Å². The van der Waals surface area contributed by atoms with Crippen molar-refractivity contribution in [3.63, 3.8) is 0 Å². The number of hydrogen-bond donors (Lipinski definition) is 5. The van der Waals surface area contributed by atoms with Gasteiger partial charge in [-0.1, -0.05) is 162 Å². The molecule has 0 aliphatic carbocycles. The lowest BCUT2D eigenvalue weighted by molar-refractivity contribution is -0.129. The van der Waals surface area contributed by atoms with Crippen molar-refractivity contribution in [2.24, 2.45) is 27.1 Å². The summed E-state index contributed by atoms with van der Waals surface area (Å²) in [6.45, 7) is 60.6. The van der Waals surface area contributed by atoms with Crippen LogP contribution in [0.5, 0.6) is 0 Å². The molecule has 0 aliphatic rings. The Labute approximate surface area is 480 Å². The number of nitrogens with zero attached hydrogens (tertiary/aromatic N) is 1. The summed E-state index contributed by atoms with van der Waals surface area (Å²) in [5, 5.41) is 15.8. The molecule has 0 rings (SSSR count). The highest BCUT2D eigenvalue weighted by Crippen LogP contribution is 2.22. The molecule has 0 heterocycles. The van der Waals surface area contributed by atoms with Gasteiger partial charge in [-0.2, -0.15) is 0 Å². The van der Waals surface area contributed by atoms with E-state index in [0.717, 1.165) is 78.2 Å². The van der Waals surface area contributed by atoms with E-state index in [1.807, 2.05) is 83.1 Å². The highest BCUT2D eigenvalue weighted by atomic mass is 16.5. The lowest BCUT2D eigenvalue weighted by atomic mass is 9.90. The van der Waals surface area contributed by atoms with Crippen LogP contribution in [0, 0.1) is 27.1 Å². The Morgan fingerprint density at radius 3 is 1.06 bits per heavy atom. The van der Waals surface area contributed by atoms with Gasteiger partial charge < -0.3 is 45.7 Å². The summed E-state index contributed by atoms with van der Waals surface area (Å²) in [5.41, 5.74) is 0.372. The molecule has 0 aromatic heterocycles. The minimum atomic E-state index is -0.301. The minimum Gasteiger partial charge on any atom is -0.379 e. The first kappa shape index (κ1) is 81.6. The first-order chi connectivity index (χ1) is 35.0. The van der Waals surface area contributed by atoms with Gasteiger partial charge in [-0.25, -0.2) is 0 Å². The van der Waals surface area contributed by atoms with Gasteiger partial charge in [0, 0.05) is 66.7 Å². The van der Waals surface area contributed by atoms with Crippen LogP contribution in [0.15, 0.2) is 0 Å². The maximum atomic E-state index is 11.7. The first-order valence-electron chi connectivity index (χ1n) is 30.8. The summed E-state index contributed by atoms with van der Waals surface area (Å²) < 4.78 is 16.6. The zero-order chi connectivity index (χ0) is 60.5. The Kier molecular flexibility index (Phi) is 46.5. The number of amides is 3. The molecule has 12 nitrogen and oxygen atoms in total. The van der Waals surface area contributed by atoms with Crippen LogP contribution in [0.1, 0.15) is 275 Å². The molecule has 12 heteroatoms. The lowest BCUT2D eigenvalue weighted by Gasteiger charge is -2.21. The van der Waals surface area contributed by atoms with Gasteiger partial charge in [0.05, 0.1) is 25.4 Å². The number of unbranched alkanes of at least 4 members (excludes halogenated alkanes) is 10. The Hall–Kier alpha value is -1.83. The van der Waals surface area contributed by atoms with Crippen LogP contribution in [-0.2, 0) is 28.6 Å². The van der Waals surface area contributed by atoms with E-state index in [4.69, 9.17) is 14.2 Å². The van der Waals surface area contributed by atoms with Crippen molar-refractivity contribution < 1.29 is 28.6 Å². The van der Waals surface area contributed by atoms with Gasteiger partial charge in [-0.05, 0) is 151 Å². The second-order valence-corrected chi connectivity index (χ2v) is 30.3. The standard InChI is InChI=1S/C21H44N2O.C17H36N2O.C15H33NO2.C12H25NO2/c1-20(2,3)19(24)22-17-15-13-11-9-7-8-10-12-14-16-18-23-21(4,5)6;1-16(2,3)11-8-9-13-19(7)14-10-12-18-15(20)17(4,5)6;1-14(2,3)8-7-10-17-12-13-18-11-9-16-15(4,5)6;1-11(2,3)10(14)13-8-7-9-15-12(4,5)6/h23H,7-18H2,1-6H3,(H,22,24);8-14H2,1-7H3,(H,18,20);16H,7-13H2,1-6H3;7-9H2,1-6H3,(H,13,14). The normalized spacial score (nSPS) is 12.7. The fourth-order valence-corrected chi connectivity index (χ4v) is 7.00. The second kappa shape index (κ2) is 43.8. The van der Waals surface area contributed by atoms with Crippen molar-refractivity contribution in [3.05, 3.63) is 0 Å². The van der Waals surface area contributed by atoms with Crippen molar-refractivity contribution in [2.45, 2.75) is 292 Å². The molecule has 464 valence electrons. The van der Waals surface area contributed by atoms with Crippen LogP contribution in [-0.4, -0.2) is 125 Å². The molecule has 0 aromatic carbocycles. The molecule has 0 unspecified atom stereocenters. The summed E-state index contributed by atoms with van der Waals surface area (Å²) in [6, 6.07) is 0. The zero-order valence-corrected chi connectivity index (χ0v) is 56.4. The van der Waals surface area contributed by atoms with E-state index in [9.17, 15) is 14.4 Å². The average molecular weight is 1100 g/mol. The Morgan fingerprint density at radius 1 is 0.338 bits per heavy atom. The Morgan fingerprint density at radius 2 is 0.675 bits per heavy atom. The van der Waals surface area contributed by atoms with Crippen molar-refractivity contribution in [2.75, 3.05) is 85.9 Å². The van der Waals surface area contributed by atoms with E-state index in [0.29, 0.717) is 37.2 Å². The lowest BCUT2D eigenvalue weighted by Crippen LogP contribution is -2.38. The molecule has 3 amide bonds. The van der Waals surface area contributed by atoms with Gasteiger partial charge in [-0.15, -0.1) is 0 Å². The van der Waals surface area contributed by atoms with Crippen molar-refractivity contribution >= 4 is 17.7 Å². The van der Waals surface area contributed by atoms with Gasteiger partial charge in [0.25, 0.3) is 0 Å². The third kappa shape index (κ3) is 72.2. The molecule has 0 spiro atoms. The number of carbonyl (C=O) groups is 3. The highest BCUT2D eigenvalue weighted by molar-refractivity contribution is 5.82. The molecule has 0 bridgehead atoms. The number of hydrogen-bond acceptors (Lipinski definition) is 9. The van der Waals surface area contributed by atoms with Crippen LogP contribution in [0.4, 0.5) is 0 Å². The average Bonchev–Trinajstić information content (AvgIpc) is 3.25. The van der Waals surface area contributed by atoms with Crippen LogP contribution in [0.3, 0.4) is 0 Å². The highest BCUT2D eigenvalue weighted by Gasteiger charge is 2.22. The van der Waals surface area contributed by atoms with Crippen molar-refractivity contribution in [1.82, 2.24) is 31.5 Å². The van der Waals surface area contributed by atoms with Crippen molar-refractivity contribution in [1.29, 1.82) is 0 Å². The van der Waals surface area contributed by atoms with E-state index < -0.39 is 0 Å². The predicted octanol–water partition coefficient (Wildman–Crippen LogP) is 14.7. The zero-order valence-electron chi connectivity index (χ0n) is 56.4. The van der Waals surface area contributed by atoms with Gasteiger partial charge >= 0.3 is 0 Å². The van der Waals surface area contributed by atoms with Crippen LogP contribution in [0.2, 0.25) is 0 Å². The molecule has 0 aliphatic heterocycles. The third-order valence-corrected chi connectivity index (χ3v) is 11.9. The fourth-order valence-electron chi connectivity index (χ4n) is 7.00. The molecule has 77 heavy (non-hydrogen) atoms. The fraction of sp³-hybridized carbons (Fsp3) is 0.954. The molecule has 5 N–H and O–H groups in total. The van der Waals surface area contributed by atoms with Crippen LogP contribution >= 0.6 is 0 Å². The van der Waals surface area contributed by atoms with E-state index in [1.54, 1.807) is 0 Å². The summed E-state index contributed by atoms with van der Waals surface area (Å²) in [7, 11) is 2.17. The Bertz CT molecular complexity index is 1380. The third-order valence-electron chi connectivity index (χ3n) is 11.9. The number of carbonyl (C=O) groups excluding carboxylic acids is 3. The van der Waals surface area contributed by atoms with E-state index in [-0.39, 0.29) is 50.6 Å². The minimum absolute atomic E-state index is 0.0892. The smallest absolute Gasteiger partial charge is 0.225 e. The SMILES string of the molecule is CC(C)(C)CCCOCCOCCNC(C)(C)C.CC(C)(C)NCCCCCCCCCCCCNC(=O)C(C)(C)C.CC(C)(C)OCCCNC(=O)C(C)(C)C.CN(CCCCC(C)(C)C)CCCNC(=O)C(C)(C)C. The quantitative estimate of drug-likeness (QED) is 0.0398. The van der Waals surface area contributed by atoms with E-state index in [2.05, 4.69) is 122 Å². The summed E-state index contributed by atoms with van der Waals surface area (Å²) >= 11 is 0. The topological polar surface area (TPSA) is 142 Å². The molecular weight excluding hydrogens is 961 g/mol. The number of nitrogens with one attached hydrogen (secondary N) is 5. The molecule has 0 radical (unpaired) electrons. The summed E-state index contributed by atoms with van der Waals surface area (Å²) in [6.07, 6.45) is 21.3. The number of ether oxygens (including phenoxy) is 3. The Balaban J connectivity index is -0.000000468. The number of rotatable bonds is 34. The summed E-state index contributed by atoms with van der Waals surface area (Å²) in [4.78, 5) is 37.2. The summed E-state index contributed by atoms with van der Waals surface area (Å²) in [5.74, 6) is 0.406. The molecular formula is C65H138N6O6. The predicted molar refractivity (Wildman–Crippen MR) is 335 cm³/mol. The molecule has 0 atom stereocenters. The van der Waals surface area contributed by atoms with Crippen molar-refractivity contribution in [3.8, 4) is 0 Å². The van der Waals surface area contributed by atoms with Gasteiger partial charge in [0.1, 0.15) is 0 Å². The molecule has 0 saturated heterocycles. The maximum absolute atomic E-state index is 11.7. The molecule has 0 saturated carbocycles. The maximum Gasteiger partial charge on any atom is 0.225 e. The second-order valence-electron chi connectivity index (χ2n) is 30.3.